The Morgan fingerprint density at radius 1 is 1.07 bits per heavy atom. The molecule has 0 bridgehead atoms. The summed E-state index contributed by atoms with van der Waals surface area (Å²) in [5.41, 5.74) is 0.809. The molecule has 1 aromatic carbocycles. The van der Waals surface area contributed by atoms with E-state index >= 15 is 0 Å². The molecule has 10 heteroatoms. The molecule has 0 saturated carbocycles. The first-order chi connectivity index (χ1) is 13.1. The molecule has 2 aromatic rings. The number of halogens is 3. The van der Waals surface area contributed by atoms with Crippen molar-refractivity contribution in [2.75, 3.05) is 19.6 Å². The Morgan fingerprint density at radius 2 is 1.75 bits per heavy atom. The summed E-state index contributed by atoms with van der Waals surface area (Å²) in [6.45, 7) is 2.06. The number of rotatable bonds is 2. The van der Waals surface area contributed by atoms with E-state index in [1.807, 2.05) is 0 Å². The number of pyridine rings is 1. The lowest BCUT2D eigenvalue weighted by atomic mass is 10.1. The minimum Gasteiger partial charge on any atom is -0.327 e. The van der Waals surface area contributed by atoms with Crippen LogP contribution in [0.15, 0.2) is 41.3 Å². The van der Waals surface area contributed by atoms with E-state index < -0.39 is 27.8 Å². The summed E-state index contributed by atoms with van der Waals surface area (Å²) in [4.78, 5) is 18.3. The highest BCUT2D eigenvalue weighted by atomic mass is 32.2. The fourth-order valence-corrected chi connectivity index (χ4v) is 5.02. The second kappa shape index (κ2) is 6.28. The number of aromatic nitrogens is 1. The molecule has 6 nitrogen and oxygen atoms in total. The third-order valence-electron chi connectivity index (χ3n) is 5.03. The number of nitrogens with zero attached hydrogens (tertiary/aromatic N) is 3. The van der Waals surface area contributed by atoms with Crippen LogP contribution in [0, 0.1) is 6.92 Å². The van der Waals surface area contributed by atoms with Gasteiger partial charge in [-0.25, -0.2) is 8.42 Å². The van der Waals surface area contributed by atoms with E-state index in [4.69, 9.17) is 0 Å². The molecule has 0 N–H and O–H groups in total. The molecular formula is C18H16F3N3O3S. The first-order valence-electron chi connectivity index (χ1n) is 8.55. The van der Waals surface area contributed by atoms with Crippen molar-refractivity contribution in [1.29, 1.82) is 0 Å². The van der Waals surface area contributed by atoms with Crippen LogP contribution in [0.4, 0.5) is 13.2 Å². The van der Waals surface area contributed by atoms with Crippen LogP contribution in [0.5, 0.6) is 0 Å². The highest BCUT2D eigenvalue weighted by Gasteiger charge is 2.44. The number of fused-ring (bicyclic) bond motifs is 3. The second-order valence-electron chi connectivity index (χ2n) is 6.78. The van der Waals surface area contributed by atoms with Crippen LogP contribution in [-0.2, 0) is 16.2 Å². The van der Waals surface area contributed by atoms with Gasteiger partial charge < -0.3 is 4.90 Å². The highest BCUT2D eigenvalue weighted by Crippen LogP contribution is 2.37. The number of amides is 1. The Labute approximate surface area is 159 Å². The van der Waals surface area contributed by atoms with Crippen LogP contribution in [0.2, 0.25) is 0 Å². The summed E-state index contributed by atoms with van der Waals surface area (Å²) < 4.78 is 65.2. The topological polar surface area (TPSA) is 70.6 Å². The van der Waals surface area contributed by atoms with Crippen molar-refractivity contribution >= 4 is 15.9 Å². The molecule has 1 aromatic heterocycles. The highest BCUT2D eigenvalue weighted by molar-refractivity contribution is 7.89. The minimum atomic E-state index is -4.54. The molecule has 0 spiro atoms. The van der Waals surface area contributed by atoms with Gasteiger partial charge in [0.2, 0.25) is 10.0 Å². The largest absolute Gasteiger partial charge is 0.416 e. The Bertz CT molecular complexity index is 1050. The van der Waals surface area contributed by atoms with Crippen LogP contribution in [0.25, 0.3) is 0 Å². The van der Waals surface area contributed by atoms with Gasteiger partial charge in [0.1, 0.15) is 0 Å². The van der Waals surface area contributed by atoms with Crippen molar-refractivity contribution < 1.29 is 26.4 Å². The molecule has 2 aliphatic rings. The van der Waals surface area contributed by atoms with E-state index in [9.17, 15) is 26.4 Å². The van der Waals surface area contributed by atoms with Crippen molar-refractivity contribution in [3.05, 3.63) is 58.9 Å². The van der Waals surface area contributed by atoms with Gasteiger partial charge in [0.15, 0.2) is 0 Å². The Morgan fingerprint density at radius 3 is 2.39 bits per heavy atom. The van der Waals surface area contributed by atoms with Gasteiger partial charge >= 0.3 is 6.18 Å². The zero-order chi connectivity index (χ0) is 20.3. The molecule has 148 valence electrons. The van der Waals surface area contributed by atoms with Crippen molar-refractivity contribution in [2.24, 2.45) is 0 Å². The maximum atomic E-state index is 12.9. The van der Waals surface area contributed by atoms with Crippen molar-refractivity contribution in [2.45, 2.75) is 24.0 Å². The molecule has 0 radical (unpaired) electrons. The van der Waals surface area contributed by atoms with E-state index in [-0.39, 0.29) is 30.4 Å². The molecule has 1 fully saturated rings. The molecule has 4 rings (SSSR count). The van der Waals surface area contributed by atoms with Gasteiger partial charge in [-0.3, -0.25) is 9.78 Å². The van der Waals surface area contributed by atoms with Crippen LogP contribution in [-0.4, -0.2) is 48.1 Å². The maximum absolute atomic E-state index is 12.9. The van der Waals surface area contributed by atoms with Crippen LogP contribution < -0.4 is 0 Å². The molecule has 3 heterocycles. The predicted octanol–water partition coefficient (Wildman–Crippen LogP) is 2.61. The number of piperazine rings is 1. The molecule has 1 saturated heterocycles. The van der Waals surface area contributed by atoms with Gasteiger partial charge in [0.05, 0.1) is 27.8 Å². The van der Waals surface area contributed by atoms with Gasteiger partial charge in [-0.15, -0.1) is 0 Å². The van der Waals surface area contributed by atoms with Gasteiger partial charge in [-0.2, -0.15) is 17.5 Å². The SMILES string of the molecule is Cc1ccc2c(n1)C1CN(S(=O)(=O)c3ccc(C(F)(F)F)cc3)CCN1C2=O. The van der Waals surface area contributed by atoms with Gasteiger partial charge in [-0.1, -0.05) is 0 Å². The lowest BCUT2D eigenvalue weighted by Crippen LogP contribution is -2.49. The van der Waals surface area contributed by atoms with Gasteiger partial charge in [0.25, 0.3) is 5.91 Å². The van der Waals surface area contributed by atoms with E-state index in [1.165, 1.54) is 4.31 Å². The summed E-state index contributed by atoms with van der Waals surface area (Å²) in [5, 5.41) is 0. The van der Waals surface area contributed by atoms with Gasteiger partial charge in [0, 0.05) is 25.3 Å². The van der Waals surface area contributed by atoms with Crippen molar-refractivity contribution in [3.63, 3.8) is 0 Å². The molecule has 1 amide bonds. The molecule has 2 aliphatic heterocycles. The Hall–Kier alpha value is -2.46. The number of carbonyl (C=O) groups excluding carboxylic acids is 1. The summed E-state index contributed by atoms with van der Waals surface area (Å²) in [5.74, 6) is -0.181. The summed E-state index contributed by atoms with van der Waals surface area (Å²) in [6.07, 6.45) is -4.54. The first-order valence-corrected chi connectivity index (χ1v) is 9.99. The summed E-state index contributed by atoms with van der Waals surface area (Å²) >= 11 is 0. The Kier molecular flexibility index (Phi) is 4.23. The average Bonchev–Trinajstić information content (AvgIpc) is 2.92. The fraction of sp³-hybridized carbons (Fsp3) is 0.333. The summed E-state index contributed by atoms with van der Waals surface area (Å²) in [6, 6.07) is 6.34. The fourth-order valence-electron chi connectivity index (χ4n) is 3.58. The third-order valence-corrected chi connectivity index (χ3v) is 6.91. The van der Waals surface area contributed by atoms with Crippen molar-refractivity contribution in [1.82, 2.24) is 14.2 Å². The molecular weight excluding hydrogens is 395 g/mol. The van der Waals surface area contributed by atoms with Crippen molar-refractivity contribution in [3.8, 4) is 0 Å². The quantitative estimate of drug-likeness (QED) is 0.762. The van der Waals surface area contributed by atoms with E-state index in [1.54, 1.807) is 24.0 Å². The zero-order valence-electron chi connectivity index (χ0n) is 14.8. The van der Waals surface area contributed by atoms with E-state index in [2.05, 4.69) is 4.98 Å². The number of hydrogen-bond donors (Lipinski definition) is 0. The first kappa shape index (κ1) is 18.9. The van der Waals surface area contributed by atoms with Crippen LogP contribution in [0.3, 0.4) is 0 Å². The number of benzene rings is 1. The summed E-state index contributed by atoms with van der Waals surface area (Å²) in [7, 11) is -3.99. The normalized spacial score (nSPS) is 20.2. The number of hydrogen-bond acceptors (Lipinski definition) is 4. The van der Waals surface area contributed by atoms with E-state index in [0.29, 0.717) is 11.3 Å². The lowest BCUT2D eigenvalue weighted by molar-refractivity contribution is -0.137. The number of aryl methyl sites for hydroxylation is 1. The smallest absolute Gasteiger partial charge is 0.327 e. The van der Waals surface area contributed by atoms with Crippen LogP contribution >= 0.6 is 0 Å². The molecule has 28 heavy (non-hydrogen) atoms. The standard InChI is InChI=1S/C18H16F3N3O3S/c1-11-2-7-14-16(22-11)15-10-23(8-9-24(15)17(14)25)28(26,27)13-5-3-12(4-6-13)18(19,20)21/h2-7,15H,8-10H2,1H3. The minimum absolute atomic E-state index is 0.0124. The molecule has 1 atom stereocenters. The number of sulfonamides is 1. The lowest BCUT2D eigenvalue weighted by Gasteiger charge is -2.36. The maximum Gasteiger partial charge on any atom is 0.416 e. The predicted molar refractivity (Wildman–Crippen MR) is 93.0 cm³/mol. The zero-order valence-corrected chi connectivity index (χ0v) is 15.6. The van der Waals surface area contributed by atoms with Gasteiger partial charge in [-0.05, 0) is 43.3 Å². The third kappa shape index (κ3) is 2.96. The molecule has 0 aliphatic carbocycles. The number of alkyl halides is 3. The number of carbonyl (C=O) groups is 1. The van der Waals surface area contributed by atoms with Crippen LogP contribution in [0.1, 0.15) is 33.4 Å². The molecule has 1 unspecified atom stereocenters. The second-order valence-corrected chi connectivity index (χ2v) is 8.72. The monoisotopic (exact) mass is 411 g/mol. The Balaban J connectivity index is 1.63. The average molecular weight is 411 g/mol. The van der Waals surface area contributed by atoms with E-state index in [0.717, 1.165) is 30.0 Å².